The van der Waals surface area contributed by atoms with Gasteiger partial charge in [0.05, 0.1) is 5.75 Å². The fourth-order valence-corrected chi connectivity index (χ4v) is 5.95. The number of carbonyl (C=O) groups excluding carboxylic acids is 1. The zero-order valence-corrected chi connectivity index (χ0v) is 19.7. The quantitative estimate of drug-likeness (QED) is 0.528. The summed E-state index contributed by atoms with van der Waals surface area (Å²) < 4.78 is 27.5. The van der Waals surface area contributed by atoms with Gasteiger partial charge < -0.3 is 4.90 Å². The van der Waals surface area contributed by atoms with E-state index in [1.807, 2.05) is 89.8 Å². The van der Waals surface area contributed by atoms with Crippen molar-refractivity contribution in [3.63, 3.8) is 0 Å². The topological polar surface area (TPSA) is 57.7 Å². The maximum absolute atomic E-state index is 13.5. The Balaban J connectivity index is 1.46. The fourth-order valence-electron chi connectivity index (χ4n) is 4.47. The molecule has 1 heterocycles. The van der Waals surface area contributed by atoms with Gasteiger partial charge in [-0.25, -0.2) is 12.7 Å². The molecule has 1 amide bonds. The Morgan fingerprint density at radius 2 is 1.52 bits per heavy atom. The minimum absolute atomic E-state index is 0.00454. The van der Waals surface area contributed by atoms with E-state index in [4.69, 9.17) is 0 Å². The molecule has 0 spiro atoms. The van der Waals surface area contributed by atoms with E-state index in [0.717, 1.165) is 29.5 Å². The van der Waals surface area contributed by atoms with Crippen LogP contribution in [0.25, 0.3) is 11.1 Å². The molecule has 1 aliphatic rings. The number of rotatable bonds is 6. The zero-order chi connectivity index (χ0) is 23.3. The normalized spacial score (nSPS) is 17.0. The number of sulfonamides is 1. The molecule has 0 N–H and O–H groups in total. The summed E-state index contributed by atoms with van der Waals surface area (Å²) in [5, 5.41) is 0. The van der Waals surface area contributed by atoms with Crippen molar-refractivity contribution in [2.75, 3.05) is 20.1 Å². The first-order chi connectivity index (χ1) is 16.0. The van der Waals surface area contributed by atoms with Crippen LogP contribution >= 0.6 is 0 Å². The number of nitrogens with zero attached hydrogens (tertiary/aromatic N) is 2. The maximum atomic E-state index is 13.5. The number of benzene rings is 3. The smallest absolute Gasteiger partial charge is 0.254 e. The summed E-state index contributed by atoms with van der Waals surface area (Å²) in [4.78, 5) is 15.3. The first-order valence-corrected chi connectivity index (χ1v) is 13.0. The van der Waals surface area contributed by atoms with Crippen LogP contribution in [0.2, 0.25) is 0 Å². The molecule has 0 unspecified atom stereocenters. The van der Waals surface area contributed by atoms with Gasteiger partial charge in [-0.2, -0.15) is 0 Å². The molecular formula is C27H30N2O3S. The van der Waals surface area contributed by atoms with E-state index in [1.165, 1.54) is 4.31 Å². The van der Waals surface area contributed by atoms with E-state index >= 15 is 0 Å². The molecule has 33 heavy (non-hydrogen) atoms. The van der Waals surface area contributed by atoms with Crippen LogP contribution < -0.4 is 0 Å². The largest absolute Gasteiger partial charge is 0.339 e. The summed E-state index contributed by atoms with van der Waals surface area (Å²) in [5.41, 5.74) is 3.41. The maximum Gasteiger partial charge on any atom is 0.254 e. The molecule has 1 fully saturated rings. The summed E-state index contributed by atoms with van der Waals surface area (Å²) in [6.45, 7) is 1.17. The Morgan fingerprint density at radius 1 is 0.879 bits per heavy atom. The molecule has 172 valence electrons. The lowest BCUT2D eigenvalue weighted by Gasteiger charge is -2.27. The standard InChI is InChI=1S/C27H30N2O3S/c1-28(33(31,32)21-22-11-4-2-5-12-22)24-15-10-19-29(20-18-24)27(30)26-17-9-8-16-25(26)23-13-6-3-7-14-23/h2-9,11-14,16-17,24H,10,15,18-21H2,1H3/t24-/m1/s1. The average Bonchev–Trinajstić information content (AvgIpc) is 3.10. The summed E-state index contributed by atoms with van der Waals surface area (Å²) in [6.07, 6.45) is 2.15. The van der Waals surface area contributed by atoms with Crippen LogP contribution in [0.5, 0.6) is 0 Å². The highest BCUT2D eigenvalue weighted by Crippen LogP contribution is 2.26. The molecule has 3 aromatic rings. The third kappa shape index (κ3) is 5.52. The Labute approximate surface area is 196 Å². The number of hydrogen-bond acceptors (Lipinski definition) is 3. The molecule has 0 radical (unpaired) electrons. The van der Waals surface area contributed by atoms with Gasteiger partial charge in [0.2, 0.25) is 10.0 Å². The molecule has 0 saturated carbocycles. The minimum atomic E-state index is -3.43. The van der Waals surface area contributed by atoms with E-state index in [0.29, 0.717) is 25.1 Å². The summed E-state index contributed by atoms with van der Waals surface area (Å²) in [6, 6.07) is 26.8. The lowest BCUT2D eigenvalue weighted by atomic mass is 9.99. The fraction of sp³-hybridized carbons (Fsp3) is 0.296. The Morgan fingerprint density at radius 3 is 2.24 bits per heavy atom. The number of amides is 1. The van der Waals surface area contributed by atoms with Crippen molar-refractivity contribution in [3.8, 4) is 11.1 Å². The number of likely N-dealkylation sites (tertiary alicyclic amines) is 1. The predicted molar refractivity (Wildman–Crippen MR) is 132 cm³/mol. The van der Waals surface area contributed by atoms with Crippen LogP contribution in [0.15, 0.2) is 84.9 Å². The zero-order valence-electron chi connectivity index (χ0n) is 18.9. The Bertz CT molecular complexity index is 1180. The molecule has 4 rings (SSSR count). The second kappa shape index (κ2) is 10.3. The first-order valence-electron chi connectivity index (χ1n) is 11.4. The third-order valence-corrected chi connectivity index (χ3v) is 8.25. The third-order valence-electron chi connectivity index (χ3n) is 6.37. The highest BCUT2D eigenvalue weighted by Gasteiger charge is 2.30. The molecule has 1 atom stereocenters. The van der Waals surface area contributed by atoms with Gasteiger partial charge >= 0.3 is 0 Å². The predicted octanol–water partition coefficient (Wildman–Crippen LogP) is 4.81. The van der Waals surface area contributed by atoms with Gasteiger partial charge in [0.15, 0.2) is 0 Å². The van der Waals surface area contributed by atoms with Crippen LogP contribution in [-0.4, -0.2) is 49.7 Å². The second-order valence-corrected chi connectivity index (χ2v) is 10.6. The molecule has 0 aliphatic carbocycles. The Hall–Kier alpha value is -2.96. The van der Waals surface area contributed by atoms with Crippen molar-refractivity contribution in [3.05, 3.63) is 96.1 Å². The van der Waals surface area contributed by atoms with E-state index in [2.05, 4.69) is 0 Å². The van der Waals surface area contributed by atoms with Gasteiger partial charge in [0.1, 0.15) is 0 Å². The molecule has 3 aromatic carbocycles. The minimum Gasteiger partial charge on any atom is -0.339 e. The molecule has 5 nitrogen and oxygen atoms in total. The van der Waals surface area contributed by atoms with E-state index < -0.39 is 10.0 Å². The molecule has 1 saturated heterocycles. The molecule has 6 heteroatoms. The molecule has 0 aromatic heterocycles. The highest BCUT2D eigenvalue weighted by molar-refractivity contribution is 7.88. The van der Waals surface area contributed by atoms with E-state index in [9.17, 15) is 13.2 Å². The lowest BCUT2D eigenvalue weighted by Crippen LogP contribution is -2.39. The van der Waals surface area contributed by atoms with Crippen LogP contribution in [0.1, 0.15) is 35.2 Å². The number of carbonyl (C=O) groups is 1. The van der Waals surface area contributed by atoms with Gasteiger partial charge in [-0.15, -0.1) is 0 Å². The van der Waals surface area contributed by atoms with Crippen LogP contribution in [0.4, 0.5) is 0 Å². The van der Waals surface area contributed by atoms with Crippen molar-refractivity contribution in [2.45, 2.75) is 31.1 Å². The highest BCUT2D eigenvalue weighted by atomic mass is 32.2. The van der Waals surface area contributed by atoms with E-state index in [1.54, 1.807) is 7.05 Å². The second-order valence-electron chi connectivity index (χ2n) is 8.55. The van der Waals surface area contributed by atoms with Crippen molar-refractivity contribution >= 4 is 15.9 Å². The Kier molecular flexibility index (Phi) is 7.26. The van der Waals surface area contributed by atoms with Gasteiger partial charge in [0.25, 0.3) is 5.91 Å². The number of hydrogen-bond donors (Lipinski definition) is 0. The summed E-state index contributed by atoms with van der Waals surface area (Å²) >= 11 is 0. The lowest BCUT2D eigenvalue weighted by molar-refractivity contribution is 0.0760. The molecular weight excluding hydrogens is 432 g/mol. The van der Waals surface area contributed by atoms with E-state index in [-0.39, 0.29) is 17.7 Å². The summed E-state index contributed by atoms with van der Waals surface area (Å²) in [5.74, 6) is -0.00148. The van der Waals surface area contributed by atoms with Gasteiger partial charge in [-0.1, -0.05) is 78.9 Å². The molecule has 1 aliphatic heterocycles. The SMILES string of the molecule is CN([C@@H]1CCCN(C(=O)c2ccccc2-c2ccccc2)CC1)S(=O)(=O)Cc1ccccc1. The average molecular weight is 463 g/mol. The van der Waals surface area contributed by atoms with Crippen molar-refractivity contribution < 1.29 is 13.2 Å². The van der Waals surface area contributed by atoms with Crippen LogP contribution in [0, 0.1) is 0 Å². The van der Waals surface area contributed by atoms with Crippen LogP contribution in [0.3, 0.4) is 0 Å². The van der Waals surface area contributed by atoms with Crippen molar-refractivity contribution in [1.29, 1.82) is 0 Å². The van der Waals surface area contributed by atoms with Crippen molar-refractivity contribution in [1.82, 2.24) is 9.21 Å². The summed E-state index contributed by atoms with van der Waals surface area (Å²) in [7, 11) is -1.76. The van der Waals surface area contributed by atoms with Gasteiger partial charge in [-0.05, 0) is 42.0 Å². The molecule has 0 bridgehead atoms. The van der Waals surface area contributed by atoms with Gasteiger partial charge in [-0.3, -0.25) is 4.79 Å². The van der Waals surface area contributed by atoms with Crippen molar-refractivity contribution in [2.24, 2.45) is 0 Å². The first kappa shape index (κ1) is 23.2. The van der Waals surface area contributed by atoms with Crippen LogP contribution in [-0.2, 0) is 15.8 Å². The monoisotopic (exact) mass is 462 g/mol. The van der Waals surface area contributed by atoms with Gasteiger partial charge in [0, 0.05) is 31.7 Å².